The van der Waals surface area contributed by atoms with Crippen LogP contribution in [-0.4, -0.2) is 9.55 Å². The fourth-order valence-corrected chi connectivity index (χ4v) is 2.96. The third-order valence-electron chi connectivity index (χ3n) is 3.81. The van der Waals surface area contributed by atoms with E-state index >= 15 is 0 Å². The van der Waals surface area contributed by atoms with Crippen molar-refractivity contribution in [3.8, 4) is 0 Å². The molecule has 0 unspecified atom stereocenters. The Morgan fingerprint density at radius 1 is 1.06 bits per heavy atom. The van der Waals surface area contributed by atoms with Crippen LogP contribution >= 0.6 is 0 Å². The maximum atomic E-state index is 6.09. The fourth-order valence-electron chi connectivity index (χ4n) is 2.96. The number of hydrogen-bond acceptors (Lipinski definition) is 2. The van der Waals surface area contributed by atoms with E-state index in [1.54, 1.807) is 0 Å². The Bertz CT molecular complexity index is 507. The first-order chi connectivity index (χ1) is 8.36. The maximum absolute atomic E-state index is 6.09. The summed E-state index contributed by atoms with van der Waals surface area (Å²) in [5, 5.41) is 0. The monoisotopic (exact) mass is 229 g/mol. The molecule has 1 fully saturated rings. The number of nitrogens with zero attached hydrogens (tertiary/aromatic N) is 2. The van der Waals surface area contributed by atoms with Crippen molar-refractivity contribution in [2.45, 2.75) is 44.6 Å². The Balaban J connectivity index is 2.05. The third kappa shape index (κ3) is 1.90. The van der Waals surface area contributed by atoms with Gasteiger partial charge in [0.2, 0.25) is 5.95 Å². The van der Waals surface area contributed by atoms with Crippen molar-refractivity contribution in [1.82, 2.24) is 9.55 Å². The van der Waals surface area contributed by atoms with Crippen LogP contribution in [0.5, 0.6) is 0 Å². The highest BCUT2D eigenvalue weighted by atomic mass is 15.2. The van der Waals surface area contributed by atoms with Crippen LogP contribution in [0.25, 0.3) is 11.0 Å². The summed E-state index contributed by atoms with van der Waals surface area (Å²) in [7, 11) is 0. The number of nitrogens with two attached hydrogens (primary N) is 1. The molecule has 2 N–H and O–H groups in total. The van der Waals surface area contributed by atoms with Crippen LogP contribution in [0.1, 0.15) is 44.6 Å². The topological polar surface area (TPSA) is 43.8 Å². The van der Waals surface area contributed by atoms with E-state index in [1.165, 1.54) is 44.0 Å². The summed E-state index contributed by atoms with van der Waals surface area (Å²) in [6.45, 7) is 0. The Labute approximate surface area is 102 Å². The summed E-state index contributed by atoms with van der Waals surface area (Å²) in [6, 6.07) is 8.80. The zero-order chi connectivity index (χ0) is 11.7. The minimum Gasteiger partial charge on any atom is -0.369 e. The van der Waals surface area contributed by atoms with Crippen LogP contribution in [0.3, 0.4) is 0 Å². The highest BCUT2D eigenvalue weighted by molar-refractivity contribution is 5.78. The van der Waals surface area contributed by atoms with E-state index in [-0.39, 0.29) is 0 Å². The molecule has 3 rings (SSSR count). The lowest BCUT2D eigenvalue weighted by Crippen LogP contribution is -2.11. The van der Waals surface area contributed by atoms with Gasteiger partial charge in [-0.05, 0) is 25.0 Å². The summed E-state index contributed by atoms with van der Waals surface area (Å²) in [5.41, 5.74) is 8.30. The Hall–Kier alpha value is -1.51. The fraction of sp³-hybridized carbons (Fsp3) is 0.500. The molecule has 3 heteroatoms. The summed E-state index contributed by atoms with van der Waals surface area (Å²) in [6.07, 6.45) is 7.84. The van der Waals surface area contributed by atoms with Gasteiger partial charge in [0.25, 0.3) is 0 Å². The van der Waals surface area contributed by atoms with Gasteiger partial charge in [-0.2, -0.15) is 0 Å². The second-order valence-corrected chi connectivity index (χ2v) is 4.97. The quantitative estimate of drug-likeness (QED) is 0.760. The summed E-state index contributed by atoms with van der Waals surface area (Å²) in [4.78, 5) is 4.46. The summed E-state index contributed by atoms with van der Waals surface area (Å²) < 4.78 is 2.25. The zero-order valence-electron chi connectivity index (χ0n) is 10.1. The maximum Gasteiger partial charge on any atom is 0.201 e. The second kappa shape index (κ2) is 4.40. The molecule has 90 valence electrons. The number of aromatic nitrogens is 2. The third-order valence-corrected chi connectivity index (χ3v) is 3.81. The highest BCUT2D eigenvalue weighted by Gasteiger charge is 2.18. The van der Waals surface area contributed by atoms with Gasteiger partial charge in [0.1, 0.15) is 0 Å². The van der Waals surface area contributed by atoms with Gasteiger partial charge in [-0.15, -0.1) is 0 Å². The average Bonchev–Trinajstić information content (AvgIpc) is 2.53. The molecule has 1 aliphatic rings. The normalized spacial score (nSPS) is 18.4. The number of benzene rings is 1. The second-order valence-electron chi connectivity index (χ2n) is 4.97. The van der Waals surface area contributed by atoms with E-state index in [1.807, 2.05) is 12.1 Å². The number of rotatable bonds is 1. The number of nitrogen functional groups attached to an aromatic ring is 1. The summed E-state index contributed by atoms with van der Waals surface area (Å²) >= 11 is 0. The van der Waals surface area contributed by atoms with Gasteiger partial charge in [-0.1, -0.05) is 37.8 Å². The number of hydrogen-bond donors (Lipinski definition) is 1. The smallest absolute Gasteiger partial charge is 0.201 e. The van der Waals surface area contributed by atoms with E-state index in [9.17, 15) is 0 Å². The molecule has 1 aromatic heterocycles. The molecule has 0 atom stereocenters. The zero-order valence-corrected chi connectivity index (χ0v) is 10.1. The average molecular weight is 229 g/mol. The molecular formula is C14H19N3. The van der Waals surface area contributed by atoms with Crippen molar-refractivity contribution >= 4 is 17.0 Å². The molecule has 0 bridgehead atoms. The van der Waals surface area contributed by atoms with Crippen molar-refractivity contribution in [3.63, 3.8) is 0 Å². The molecular weight excluding hydrogens is 210 g/mol. The van der Waals surface area contributed by atoms with E-state index in [2.05, 4.69) is 21.7 Å². The van der Waals surface area contributed by atoms with Gasteiger partial charge in [-0.25, -0.2) is 4.98 Å². The molecule has 0 radical (unpaired) electrons. The number of anilines is 1. The lowest BCUT2D eigenvalue weighted by Gasteiger charge is -2.18. The van der Waals surface area contributed by atoms with Crippen molar-refractivity contribution in [3.05, 3.63) is 24.3 Å². The van der Waals surface area contributed by atoms with Gasteiger partial charge in [0.05, 0.1) is 11.0 Å². The van der Waals surface area contributed by atoms with Crippen molar-refractivity contribution < 1.29 is 0 Å². The first-order valence-electron chi connectivity index (χ1n) is 6.59. The van der Waals surface area contributed by atoms with Crippen LogP contribution in [0.15, 0.2) is 24.3 Å². The Kier molecular flexibility index (Phi) is 2.75. The molecule has 1 saturated carbocycles. The molecule has 0 saturated heterocycles. The summed E-state index contributed by atoms with van der Waals surface area (Å²) in [5.74, 6) is 0.679. The van der Waals surface area contributed by atoms with Crippen molar-refractivity contribution in [2.75, 3.05) is 5.73 Å². The van der Waals surface area contributed by atoms with E-state index in [0.29, 0.717) is 12.0 Å². The predicted octanol–water partition coefficient (Wildman–Crippen LogP) is 3.51. The molecule has 0 aliphatic heterocycles. The van der Waals surface area contributed by atoms with Crippen molar-refractivity contribution in [1.29, 1.82) is 0 Å². The van der Waals surface area contributed by atoms with Crippen LogP contribution in [-0.2, 0) is 0 Å². The minimum absolute atomic E-state index is 0.546. The van der Waals surface area contributed by atoms with Gasteiger partial charge < -0.3 is 10.3 Å². The van der Waals surface area contributed by atoms with E-state index in [0.717, 1.165) is 5.52 Å². The SMILES string of the molecule is Nc1nc2ccccc2n1C1CCCCCC1. The largest absolute Gasteiger partial charge is 0.369 e. The molecule has 17 heavy (non-hydrogen) atoms. The number of para-hydroxylation sites is 2. The van der Waals surface area contributed by atoms with Crippen LogP contribution in [0.2, 0.25) is 0 Å². The number of imidazole rings is 1. The van der Waals surface area contributed by atoms with E-state index in [4.69, 9.17) is 5.73 Å². The lowest BCUT2D eigenvalue weighted by atomic mass is 10.1. The molecule has 2 aromatic rings. The van der Waals surface area contributed by atoms with Gasteiger partial charge in [0, 0.05) is 6.04 Å². The minimum atomic E-state index is 0.546. The van der Waals surface area contributed by atoms with Crippen LogP contribution < -0.4 is 5.73 Å². The highest BCUT2D eigenvalue weighted by Crippen LogP contribution is 2.32. The Morgan fingerprint density at radius 3 is 2.53 bits per heavy atom. The van der Waals surface area contributed by atoms with Gasteiger partial charge >= 0.3 is 0 Å². The molecule has 0 spiro atoms. The van der Waals surface area contributed by atoms with Gasteiger partial charge in [0.15, 0.2) is 0 Å². The molecule has 1 aromatic carbocycles. The predicted molar refractivity (Wildman–Crippen MR) is 70.9 cm³/mol. The first kappa shape index (κ1) is 10.6. The first-order valence-corrected chi connectivity index (χ1v) is 6.59. The molecule has 0 amide bonds. The molecule has 1 aliphatic carbocycles. The van der Waals surface area contributed by atoms with Crippen molar-refractivity contribution in [2.24, 2.45) is 0 Å². The van der Waals surface area contributed by atoms with Crippen LogP contribution in [0.4, 0.5) is 5.95 Å². The lowest BCUT2D eigenvalue weighted by molar-refractivity contribution is 0.459. The van der Waals surface area contributed by atoms with Crippen LogP contribution in [0, 0.1) is 0 Å². The molecule has 3 nitrogen and oxygen atoms in total. The molecule has 1 heterocycles. The standard InChI is InChI=1S/C14H19N3/c15-14-16-12-9-5-6-10-13(12)17(14)11-7-3-1-2-4-8-11/h5-6,9-11H,1-4,7-8H2,(H2,15,16). The Morgan fingerprint density at radius 2 is 1.76 bits per heavy atom. The van der Waals surface area contributed by atoms with Gasteiger partial charge in [-0.3, -0.25) is 0 Å². The number of fused-ring (bicyclic) bond motifs is 1. The van der Waals surface area contributed by atoms with E-state index < -0.39 is 0 Å².